The molecule has 5 nitrogen and oxygen atoms in total. The van der Waals surface area contributed by atoms with E-state index in [0.29, 0.717) is 29.8 Å². The molecule has 0 amide bonds. The van der Waals surface area contributed by atoms with E-state index in [0.717, 1.165) is 21.3 Å². The van der Waals surface area contributed by atoms with Crippen LogP contribution in [0, 0.1) is 0 Å². The van der Waals surface area contributed by atoms with Crippen LogP contribution in [0.1, 0.15) is 6.92 Å². The quantitative estimate of drug-likeness (QED) is 0.417. The van der Waals surface area contributed by atoms with Crippen LogP contribution >= 0.6 is 15.9 Å². The molecule has 2 aromatic carbocycles. The van der Waals surface area contributed by atoms with E-state index < -0.39 is 0 Å². The van der Waals surface area contributed by atoms with Gasteiger partial charge < -0.3 is 9.26 Å². The van der Waals surface area contributed by atoms with E-state index in [1.54, 1.807) is 0 Å². The minimum absolute atomic E-state index is 0.437. The first-order valence-corrected chi connectivity index (χ1v) is 9.34. The van der Waals surface area contributed by atoms with E-state index in [2.05, 4.69) is 31.1 Å². The molecule has 2 heterocycles. The van der Waals surface area contributed by atoms with Gasteiger partial charge in [-0.25, -0.2) is 4.98 Å². The monoisotopic (exact) mass is 421 g/mol. The Balaban J connectivity index is 1.74. The summed E-state index contributed by atoms with van der Waals surface area (Å²) < 4.78 is 12.1. The lowest BCUT2D eigenvalue weighted by Crippen LogP contribution is -1.99. The largest absolute Gasteiger partial charge is 0.477 e. The number of hydrogen-bond donors (Lipinski definition) is 0. The van der Waals surface area contributed by atoms with E-state index in [4.69, 9.17) is 9.26 Å². The van der Waals surface area contributed by atoms with Crippen molar-refractivity contribution < 1.29 is 9.26 Å². The van der Waals surface area contributed by atoms with Crippen LogP contribution in [0.3, 0.4) is 0 Å². The Hall–Kier alpha value is -2.99. The molecule has 0 unspecified atom stereocenters. The fraction of sp³-hybridized carbons (Fsp3) is 0.0952. The zero-order valence-electron chi connectivity index (χ0n) is 14.6. The predicted octanol–water partition coefficient (Wildman–Crippen LogP) is 5.63. The summed E-state index contributed by atoms with van der Waals surface area (Å²) in [6, 6.07) is 21.5. The summed E-state index contributed by atoms with van der Waals surface area (Å²) in [6.45, 7) is 2.41. The van der Waals surface area contributed by atoms with Crippen molar-refractivity contribution >= 4 is 15.9 Å². The number of hydrogen-bond acceptors (Lipinski definition) is 5. The highest BCUT2D eigenvalue weighted by Gasteiger charge is 2.18. The van der Waals surface area contributed by atoms with Crippen molar-refractivity contribution in [2.75, 3.05) is 6.61 Å². The molecule has 4 rings (SSSR count). The van der Waals surface area contributed by atoms with Crippen LogP contribution in [0.15, 0.2) is 75.7 Å². The van der Waals surface area contributed by atoms with Gasteiger partial charge in [0.2, 0.25) is 11.7 Å². The fourth-order valence-corrected chi connectivity index (χ4v) is 3.16. The molecular formula is C21H16BrN3O2. The Morgan fingerprint density at radius 2 is 1.67 bits per heavy atom. The van der Waals surface area contributed by atoms with E-state index in [1.807, 2.05) is 73.7 Å². The van der Waals surface area contributed by atoms with Gasteiger partial charge in [-0.2, -0.15) is 4.98 Å². The highest BCUT2D eigenvalue weighted by molar-refractivity contribution is 9.10. The van der Waals surface area contributed by atoms with Crippen LogP contribution in [0.4, 0.5) is 0 Å². The van der Waals surface area contributed by atoms with Crippen molar-refractivity contribution in [2.24, 2.45) is 0 Å². The topological polar surface area (TPSA) is 61.0 Å². The summed E-state index contributed by atoms with van der Waals surface area (Å²) in [5, 5.41) is 4.12. The zero-order chi connectivity index (χ0) is 18.6. The molecule has 0 saturated heterocycles. The molecule has 0 aliphatic carbocycles. The number of pyridine rings is 1. The number of nitrogens with zero attached hydrogens (tertiary/aromatic N) is 3. The molecule has 0 saturated carbocycles. The maximum atomic E-state index is 5.75. The molecule has 0 atom stereocenters. The summed E-state index contributed by atoms with van der Waals surface area (Å²) >= 11 is 3.51. The van der Waals surface area contributed by atoms with Gasteiger partial charge in [0, 0.05) is 10.0 Å². The molecule has 134 valence electrons. The maximum absolute atomic E-state index is 5.75. The Morgan fingerprint density at radius 1 is 0.889 bits per heavy atom. The van der Waals surface area contributed by atoms with E-state index in [-0.39, 0.29) is 0 Å². The minimum atomic E-state index is 0.437. The van der Waals surface area contributed by atoms with Crippen molar-refractivity contribution in [1.82, 2.24) is 15.1 Å². The second-order valence-corrected chi connectivity index (χ2v) is 6.61. The number of halogens is 1. The SMILES string of the molecule is CCOc1nc(-c2ccccc2)ccc1-c1noc(-c2ccccc2Br)n1. The van der Waals surface area contributed by atoms with Gasteiger partial charge in [-0.05, 0) is 47.1 Å². The second kappa shape index (κ2) is 7.72. The molecule has 0 spiro atoms. The van der Waals surface area contributed by atoms with Gasteiger partial charge in [0.15, 0.2) is 0 Å². The van der Waals surface area contributed by atoms with Crippen molar-refractivity contribution in [2.45, 2.75) is 6.92 Å². The summed E-state index contributed by atoms with van der Waals surface area (Å²) in [7, 11) is 0. The normalized spacial score (nSPS) is 10.7. The molecule has 0 fully saturated rings. The third-order valence-electron chi connectivity index (χ3n) is 3.98. The van der Waals surface area contributed by atoms with Crippen molar-refractivity contribution in [1.29, 1.82) is 0 Å². The lowest BCUT2D eigenvalue weighted by atomic mass is 10.1. The average molecular weight is 422 g/mol. The van der Waals surface area contributed by atoms with Crippen LogP contribution in [-0.4, -0.2) is 21.7 Å². The van der Waals surface area contributed by atoms with Gasteiger partial charge in [-0.1, -0.05) is 47.6 Å². The Labute approximate surface area is 165 Å². The number of ether oxygens (including phenoxy) is 1. The van der Waals surface area contributed by atoms with Gasteiger partial charge in [0.25, 0.3) is 5.89 Å². The van der Waals surface area contributed by atoms with Gasteiger partial charge in [0.1, 0.15) is 0 Å². The van der Waals surface area contributed by atoms with Gasteiger partial charge in [-0.3, -0.25) is 0 Å². The average Bonchev–Trinajstić information content (AvgIpc) is 3.19. The Bertz CT molecular complexity index is 1060. The third kappa shape index (κ3) is 3.61. The molecule has 27 heavy (non-hydrogen) atoms. The zero-order valence-corrected chi connectivity index (χ0v) is 16.2. The van der Waals surface area contributed by atoms with E-state index >= 15 is 0 Å². The lowest BCUT2D eigenvalue weighted by molar-refractivity contribution is 0.328. The first-order valence-electron chi connectivity index (χ1n) is 8.54. The first-order chi connectivity index (χ1) is 13.3. The molecule has 4 aromatic rings. The van der Waals surface area contributed by atoms with Crippen LogP contribution < -0.4 is 4.74 Å². The summed E-state index contributed by atoms with van der Waals surface area (Å²) in [5.41, 5.74) is 3.38. The van der Waals surface area contributed by atoms with Gasteiger partial charge in [-0.15, -0.1) is 0 Å². The fourth-order valence-electron chi connectivity index (χ4n) is 2.70. The second-order valence-electron chi connectivity index (χ2n) is 5.75. The van der Waals surface area contributed by atoms with Crippen LogP contribution in [0.25, 0.3) is 34.1 Å². The summed E-state index contributed by atoms with van der Waals surface area (Å²) in [6.07, 6.45) is 0. The standard InChI is InChI=1S/C21H16BrN3O2/c1-2-26-20-16(12-13-18(23-20)14-8-4-3-5-9-14)19-24-21(27-25-19)15-10-6-7-11-17(15)22/h3-13H,2H2,1H3. The van der Waals surface area contributed by atoms with Crippen molar-refractivity contribution in [3.8, 4) is 40.0 Å². The molecule has 6 heteroatoms. The molecule has 0 radical (unpaired) electrons. The maximum Gasteiger partial charge on any atom is 0.259 e. The van der Waals surface area contributed by atoms with Crippen LogP contribution in [0.2, 0.25) is 0 Å². The molecular weight excluding hydrogens is 406 g/mol. The highest BCUT2D eigenvalue weighted by atomic mass is 79.9. The van der Waals surface area contributed by atoms with E-state index in [1.165, 1.54) is 0 Å². The van der Waals surface area contributed by atoms with Crippen molar-refractivity contribution in [3.05, 3.63) is 71.2 Å². The Morgan fingerprint density at radius 3 is 2.44 bits per heavy atom. The van der Waals surface area contributed by atoms with Crippen LogP contribution in [0.5, 0.6) is 5.88 Å². The predicted molar refractivity (Wildman–Crippen MR) is 107 cm³/mol. The Kier molecular flexibility index (Phi) is 4.98. The molecule has 0 aliphatic heterocycles. The van der Waals surface area contributed by atoms with E-state index in [9.17, 15) is 0 Å². The van der Waals surface area contributed by atoms with Crippen molar-refractivity contribution in [3.63, 3.8) is 0 Å². The third-order valence-corrected chi connectivity index (χ3v) is 4.67. The molecule has 2 aromatic heterocycles. The summed E-state index contributed by atoms with van der Waals surface area (Å²) in [5.74, 6) is 1.36. The highest BCUT2D eigenvalue weighted by Crippen LogP contribution is 2.32. The number of aromatic nitrogens is 3. The smallest absolute Gasteiger partial charge is 0.259 e. The molecule has 0 N–H and O–H groups in total. The summed E-state index contributed by atoms with van der Waals surface area (Å²) in [4.78, 5) is 9.18. The van der Waals surface area contributed by atoms with Gasteiger partial charge in [0.05, 0.1) is 23.4 Å². The molecule has 0 aliphatic rings. The number of benzene rings is 2. The minimum Gasteiger partial charge on any atom is -0.477 e. The van der Waals surface area contributed by atoms with Gasteiger partial charge >= 0.3 is 0 Å². The first kappa shape index (κ1) is 17.4. The molecule has 0 bridgehead atoms. The number of rotatable bonds is 5. The van der Waals surface area contributed by atoms with Crippen LogP contribution in [-0.2, 0) is 0 Å². The lowest BCUT2D eigenvalue weighted by Gasteiger charge is -2.09.